The molecule has 0 saturated heterocycles. The fraction of sp³-hybridized carbons (Fsp3) is 0. The zero-order chi connectivity index (χ0) is 15.6. The third kappa shape index (κ3) is 2.53. The lowest BCUT2D eigenvalue weighted by atomic mass is 10.1. The molecule has 0 spiro atoms. The van der Waals surface area contributed by atoms with E-state index in [9.17, 15) is 0 Å². The summed E-state index contributed by atoms with van der Waals surface area (Å²) in [6, 6.07) is 20.3. The van der Waals surface area contributed by atoms with E-state index in [1.165, 1.54) is 0 Å². The predicted molar refractivity (Wildman–Crippen MR) is 96.8 cm³/mol. The van der Waals surface area contributed by atoms with Gasteiger partial charge in [-0.15, -0.1) is 0 Å². The Bertz CT molecular complexity index is 1020. The highest BCUT2D eigenvalue weighted by atomic mass is 14.9. The zero-order valence-electron chi connectivity index (χ0n) is 12.5. The topological polar surface area (TPSA) is 51.8 Å². The van der Waals surface area contributed by atoms with E-state index in [1.54, 1.807) is 0 Å². The molecular weight excluding hydrogens is 282 g/mol. The molecule has 2 aromatic carbocycles. The van der Waals surface area contributed by atoms with E-state index in [0.717, 1.165) is 32.9 Å². The van der Waals surface area contributed by atoms with E-state index in [4.69, 9.17) is 5.73 Å². The molecule has 0 saturated carbocycles. The van der Waals surface area contributed by atoms with E-state index in [2.05, 4.69) is 46.4 Å². The summed E-state index contributed by atoms with van der Waals surface area (Å²) in [4.78, 5) is 8.93. The largest absolute Gasteiger partial charge is 0.382 e. The van der Waals surface area contributed by atoms with Crippen molar-refractivity contribution < 1.29 is 0 Å². The molecule has 0 atom stereocenters. The van der Waals surface area contributed by atoms with Crippen LogP contribution in [0.3, 0.4) is 0 Å². The van der Waals surface area contributed by atoms with E-state index in [0.29, 0.717) is 5.82 Å². The molecule has 2 heterocycles. The average molecular weight is 297 g/mol. The van der Waals surface area contributed by atoms with E-state index in [1.807, 2.05) is 42.6 Å². The molecule has 0 aliphatic carbocycles. The summed E-state index contributed by atoms with van der Waals surface area (Å²) in [5.41, 5.74) is 9.89. The quantitative estimate of drug-likeness (QED) is 0.553. The lowest BCUT2D eigenvalue weighted by Gasteiger charge is -2.06. The third-order valence-corrected chi connectivity index (χ3v) is 3.85. The minimum absolute atomic E-state index is 0.470. The van der Waals surface area contributed by atoms with Gasteiger partial charge in [0.15, 0.2) is 5.82 Å². The second kappa shape index (κ2) is 5.54. The van der Waals surface area contributed by atoms with Crippen LogP contribution >= 0.6 is 0 Å². The van der Waals surface area contributed by atoms with E-state index in [-0.39, 0.29) is 0 Å². The van der Waals surface area contributed by atoms with Gasteiger partial charge < -0.3 is 5.73 Å². The van der Waals surface area contributed by atoms with Crippen molar-refractivity contribution in [2.75, 3.05) is 5.73 Å². The van der Waals surface area contributed by atoms with E-state index < -0.39 is 0 Å². The number of rotatable bonds is 2. The van der Waals surface area contributed by atoms with Crippen molar-refractivity contribution in [1.82, 2.24) is 9.97 Å². The summed E-state index contributed by atoms with van der Waals surface area (Å²) in [6.07, 6.45) is 5.97. The molecule has 0 bridgehead atoms. The number of hydrogen-bond acceptors (Lipinski definition) is 3. The number of benzene rings is 2. The summed E-state index contributed by atoms with van der Waals surface area (Å²) in [7, 11) is 0. The number of fused-ring (bicyclic) bond motifs is 3. The Hall–Kier alpha value is -3.20. The van der Waals surface area contributed by atoms with Gasteiger partial charge in [-0.2, -0.15) is 0 Å². The van der Waals surface area contributed by atoms with Crippen molar-refractivity contribution >= 4 is 39.8 Å². The standard InChI is InChI=1S/C20H15N3/c21-20-19-17(16-8-4-5-9-18(16)23-20)12-15(13-22-19)11-10-14-6-2-1-3-7-14/h1-13H,(H2,21,23). The molecule has 4 rings (SSSR count). The van der Waals surface area contributed by atoms with Crippen molar-refractivity contribution in [3.8, 4) is 0 Å². The summed E-state index contributed by atoms with van der Waals surface area (Å²) >= 11 is 0. The third-order valence-electron chi connectivity index (χ3n) is 3.85. The first kappa shape index (κ1) is 13.5. The molecule has 2 N–H and O–H groups in total. The van der Waals surface area contributed by atoms with Crippen molar-refractivity contribution in [3.63, 3.8) is 0 Å². The smallest absolute Gasteiger partial charge is 0.150 e. The van der Waals surface area contributed by atoms with Crippen LogP contribution in [0.1, 0.15) is 11.1 Å². The Morgan fingerprint density at radius 3 is 2.39 bits per heavy atom. The highest BCUT2D eigenvalue weighted by Gasteiger charge is 2.07. The predicted octanol–water partition coefficient (Wildman–Crippen LogP) is 4.54. The van der Waals surface area contributed by atoms with Gasteiger partial charge in [0.2, 0.25) is 0 Å². The molecule has 0 aliphatic rings. The molecule has 0 fully saturated rings. The van der Waals surface area contributed by atoms with Crippen molar-refractivity contribution in [3.05, 3.63) is 78.0 Å². The molecule has 3 heteroatoms. The molecule has 0 unspecified atom stereocenters. The number of nitrogens with zero attached hydrogens (tertiary/aromatic N) is 2. The molecule has 3 nitrogen and oxygen atoms in total. The van der Waals surface area contributed by atoms with Crippen LogP contribution < -0.4 is 5.73 Å². The van der Waals surface area contributed by atoms with Gasteiger partial charge in [0.05, 0.1) is 5.52 Å². The van der Waals surface area contributed by atoms with Crippen molar-refractivity contribution in [2.45, 2.75) is 0 Å². The van der Waals surface area contributed by atoms with Gasteiger partial charge in [0.25, 0.3) is 0 Å². The van der Waals surface area contributed by atoms with Crippen LogP contribution in [0.15, 0.2) is 66.9 Å². The Morgan fingerprint density at radius 2 is 1.52 bits per heavy atom. The first-order valence-corrected chi connectivity index (χ1v) is 7.48. The summed E-state index contributed by atoms with van der Waals surface area (Å²) in [5, 5.41) is 2.10. The molecule has 2 aromatic heterocycles. The number of para-hydroxylation sites is 1. The van der Waals surface area contributed by atoms with Crippen LogP contribution in [0.2, 0.25) is 0 Å². The monoisotopic (exact) mass is 297 g/mol. The Labute approximate surface area is 134 Å². The molecular formula is C20H15N3. The molecule has 110 valence electrons. The van der Waals surface area contributed by atoms with Crippen LogP contribution in [0.25, 0.3) is 34.0 Å². The second-order valence-corrected chi connectivity index (χ2v) is 5.42. The van der Waals surface area contributed by atoms with Crippen molar-refractivity contribution in [1.29, 1.82) is 0 Å². The summed E-state index contributed by atoms with van der Waals surface area (Å²) in [6.45, 7) is 0. The number of aromatic nitrogens is 2. The highest BCUT2D eigenvalue weighted by Crippen LogP contribution is 2.27. The van der Waals surface area contributed by atoms with Crippen LogP contribution in [0, 0.1) is 0 Å². The fourth-order valence-electron chi connectivity index (χ4n) is 2.72. The molecule has 0 amide bonds. The van der Waals surface area contributed by atoms with Crippen LogP contribution in [0.5, 0.6) is 0 Å². The van der Waals surface area contributed by atoms with Gasteiger partial charge in [0, 0.05) is 17.0 Å². The minimum Gasteiger partial charge on any atom is -0.382 e. The SMILES string of the molecule is Nc1nc2ccccc2c2cc(C=Cc3ccccc3)cnc12. The molecule has 4 aromatic rings. The maximum atomic E-state index is 6.05. The Morgan fingerprint density at radius 1 is 0.783 bits per heavy atom. The fourth-order valence-corrected chi connectivity index (χ4v) is 2.72. The van der Waals surface area contributed by atoms with Crippen LogP contribution in [0.4, 0.5) is 5.82 Å². The minimum atomic E-state index is 0.470. The Balaban J connectivity index is 1.87. The average Bonchev–Trinajstić information content (AvgIpc) is 2.61. The number of pyridine rings is 2. The first-order valence-electron chi connectivity index (χ1n) is 7.48. The normalized spacial score (nSPS) is 11.5. The van der Waals surface area contributed by atoms with Gasteiger partial charge in [0.1, 0.15) is 5.52 Å². The van der Waals surface area contributed by atoms with Gasteiger partial charge in [-0.05, 0) is 23.3 Å². The maximum Gasteiger partial charge on any atom is 0.150 e. The highest BCUT2D eigenvalue weighted by molar-refractivity contribution is 6.08. The molecule has 23 heavy (non-hydrogen) atoms. The second-order valence-electron chi connectivity index (χ2n) is 5.42. The van der Waals surface area contributed by atoms with Crippen molar-refractivity contribution in [2.24, 2.45) is 0 Å². The zero-order valence-corrected chi connectivity index (χ0v) is 12.5. The lowest BCUT2D eigenvalue weighted by molar-refractivity contribution is 1.35. The first-order chi connectivity index (χ1) is 11.3. The van der Waals surface area contributed by atoms with Crippen LogP contribution in [-0.4, -0.2) is 9.97 Å². The van der Waals surface area contributed by atoms with Gasteiger partial charge in [-0.1, -0.05) is 60.7 Å². The van der Waals surface area contributed by atoms with E-state index >= 15 is 0 Å². The summed E-state index contributed by atoms with van der Waals surface area (Å²) < 4.78 is 0. The number of anilines is 1. The molecule has 0 radical (unpaired) electrons. The van der Waals surface area contributed by atoms with Gasteiger partial charge in [-0.25, -0.2) is 4.98 Å². The maximum absolute atomic E-state index is 6.05. The van der Waals surface area contributed by atoms with Gasteiger partial charge >= 0.3 is 0 Å². The Kier molecular flexibility index (Phi) is 3.24. The van der Waals surface area contributed by atoms with Crippen LogP contribution in [-0.2, 0) is 0 Å². The number of nitrogen functional groups attached to an aromatic ring is 1. The van der Waals surface area contributed by atoms with Gasteiger partial charge in [-0.3, -0.25) is 4.98 Å². The lowest BCUT2D eigenvalue weighted by Crippen LogP contribution is -1.95. The summed E-state index contributed by atoms with van der Waals surface area (Å²) in [5.74, 6) is 0.470. The molecule has 0 aliphatic heterocycles. The number of nitrogens with two attached hydrogens (primary N) is 1. The number of hydrogen-bond donors (Lipinski definition) is 1.